The van der Waals surface area contributed by atoms with Gasteiger partial charge in [0.05, 0.1) is 6.61 Å². The number of unbranched alkanes of at least 4 members (excludes halogenated alkanes) is 20. The van der Waals surface area contributed by atoms with Crippen LogP contribution in [0.3, 0.4) is 0 Å². The summed E-state index contributed by atoms with van der Waals surface area (Å²) in [7, 11) is 0. The summed E-state index contributed by atoms with van der Waals surface area (Å²) in [5.41, 5.74) is 0. The molecule has 0 saturated heterocycles. The summed E-state index contributed by atoms with van der Waals surface area (Å²) in [6.07, 6.45) is 28.8. The molecule has 33 heavy (non-hydrogen) atoms. The van der Waals surface area contributed by atoms with E-state index in [1.165, 1.54) is 122 Å². The highest BCUT2D eigenvalue weighted by atomic mass is 16.5. The van der Waals surface area contributed by atoms with Crippen LogP contribution in [0.4, 0.5) is 0 Å². The number of Topliss-reactive ketones (excluding diaryl/α,β-unsaturated/α-hetero) is 1. The highest BCUT2D eigenvalue weighted by molar-refractivity contribution is 5.97. The Bertz CT molecular complexity index is 432. The SMILES string of the molecule is CCCCCCCCCCCCCCOC(=O)C(CCCCCCCCCCCC)C(C)=O. The molecule has 0 bridgehead atoms. The van der Waals surface area contributed by atoms with Crippen molar-refractivity contribution in [2.45, 2.75) is 168 Å². The minimum absolute atomic E-state index is 0.0365. The molecule has 0 spiro atoms. The largest absolute Gasteiger partial charge is 0.465 e. The third-order valence-corrected chi connectivity index (χ3v) is 6.86. The lowest BCUT2D eigenvalue weighted by molar-refractivity contribution is -0.152. The van der Waals surface area contributed by atoms with E-state index in [0.29, 0.717) is 13.0 Å². The van der Waals surface area contributed by atoms with Crippen molar-refractivity contribution in [1.82, 2.24) is 0 Å². The summed E-state index contributed by atoms with van der Waals surface area (Å²) in [6, 6.07) is 0. The molecule has 0 heterocycles. The average molecular weight is 467 g/mol. The van der Waals surface area contributed by atoms with Gasteiger partial charge < -0.3 is 4.74 Å². The maximum atomic E-state index is 12.3. The molecule has 0 saturated carbocycles. The van der Waals surface area contributed by atoms with Crippen molar-refractivity contribution in [3.63, 3.8) is 0 Å². The van der Waals surface area contributed by atoms with Crippen LogP contribution in [-0.2, 0) is 14.3 Å². The Balaban J connectivity index is 3.59. The normalized spacial score (nSPS) is 12.1. The van der Waals surface area contributed by atoms with E-state index in [1.54, 1.807) is 0 Å². The van der Waals surface area contributed by atoms with E-state index in [4.69, 9.17) is 4.74 Å². The van der Waals surface area contributed by atoms with Crippen molar-refractivity contribution in [2.24, 2.45) is 5.92 Å². The molecule has 0 aromatic rings. The van der Waals surface area contributed by atoms with Crippen LogP contribution in [0, 0.1) is 5.92 Å². The number of carbonyl (C=O) groups excluding carboxylic acids is 2. The third kappa shape index (κ3) is 22.7. The van der Waals surface area contributed by atoms with Gasteiger partial charge in [-0.1, -0.05) is 149 Å². The Morgan fingerprint density at radius 2 is 0.848 bits per heavy atom. The fourth-order valence-electron chi connectivity index (χ4n) is 4.54. The Kier molecular flexibility index (Phi) is 25.1. The predicted molar refractivity (Wildman–Crippen MR) is 143 cm³/mol. The van der Waals surface area contributed by atoms with Gasteiger partial charge in [-0.15, -0.1) is 0 Å². The quantitative estimate of drug-likeness (QED) is 0.0723. The zero-order valence-electron chi connectivity index (χ0n) is 22.8. The van der Waals surface area contributed by atoms with Gasteiger partial charge in [0.25, 0.3) is 0 Å². The molecule has 0 rings (SSSR count). The standard InChI is InChI=1S/C30H58O3/c1-4-6-8-10-12-14-16-17-19-21-23-25-27-33-30(32)29(28(3)31)26-24-22-20-18-15-13-11-9-7-5-2/h29H,4-27H2,1-3H3. The molecule has 0 aliphatic carbocycles. The molecule has 0 fully saturated rings. The van der Waals surface area contributed by atoms with Gasteiger partial charge in [-0.3, -0.25) is 9.59 Å². The fraction of sp³-hybridized carbons (Fsp3) is 0.933. The van der Waals surface area contributed by atoms with Crippen molar-refractivity contribution < 1.29 is 14.3 Å². The second-order valence-corrected chi connectivity index (χ2v) is 10.2. The van der Waals surface area contributed by atoms with E-state index in [0.717, 1.165) is 25.7 Å². The van der Waals surface area contributed by atoms with E-state index < -0.39 is 5.92 Å². The third-order valence-electron chi connectivity index (χ3n) is 6.86. The molecule has 0 N–H and O–H groups in total. The number of hydrogen-bond donors (Lipinski definition) is 0. The van der Waals surface area contributed by atoms with Gasteiger partial charge in [-0.05, 0) is 19.8 Å². The molecule has 1 atom stereocenters. The van der Waals surface area contributed by atoms with Crippen LogP contribution in [0.1, 0.15) is 168 Å². The topological polar surface area (TPSA) is 43.4 Å². The summed E-state index contributed by atoms with van der Waals surface area (Å²) >= 11 is 0. The predicted octanol–water partition coefficient (Wildman–Crippen LogP) is 9.75. The first kappa shape index (κ1) is 32.1. The van der Waals surface area contributed by atoms with Crippen molar-refractivity contribution in [3.8, 4) is 0 Å². The van der Waals surface area contributed by atoms with E-state index in [1.807, 2.05) is 0 Å². The van der Waals surface area contributed by atoms with Crippen molar-refractivity contribution in [2.75, 3.05) is 6.61 Å². The van der Waals surface area contributed by atoms with Crippen LogP contribution < -0.4 is 0 Å². The summed E-state index contributed by atoms with van der Waals surface area (Å²) in [5, 5.41) is 0. The minimum Gasteiger partial charge on any atom is -0.465 e. The number of hydrogen-bond acceptors (Lipinski definition) is 3. The molecule has 1 unspecified atom stereocenters. The molecule has 0 amide bonds. The van der Waals surface area contributed by atoms with Crippen LogP contribution in [0.25, 0.3) is 0 Å². The van der Waals surface area contributed by atoms with Gasteiger partial charge in [0.1, 0.15) is 11.7 Å². The molecule has 3 heteroatoms. The molecular weight excluding hydrogens is 408 g/mol. The highest BCUT2D eigenvalue weighted by Crippen LogP contribution is 2.17. The average Bonchev–Trinajstić information content (AvgIpc) is 2.80. The van der Waals surface area contributed by atoms with Crippen molar-refractivity contribution in [3.05, 3.63) is 0 Å². The molecule has 3 nitrogen and oxygen atoms in total. The van der Waals surface area contributed by atoms with Crippen molar-refractivity contribution in [1.29, 1.82) is 0 Å². The monoisotopic (exact) mass is 466 g/mol. The first-order valence-electron chi connectivity index (χ1n) is 14.8. The van der Waals surface area contributed by atoms with E-state index >= 15 is 0 Å². The van der Waals surface area contributed by atoms with Crippen LogP contribution in [0.15, 0.2) is 0 Å². The number of ketones is 1. The van der Waals surface area contributed by atoms with E-state index in [9.17, 15) is 9.59 Å². The van der Waals surface area contributed by atoms with Gasteiger partial charge in [0.15, 0.2) is 0 Å². The molecule has 0 aliphatic heterocycles. The summed E-state index contributed by atoms with van der Waals surface area (Å²) in [6.45, 7) is 6.52. The summed E-state index contributed by atoms with van der Waals surface area (Å²) in [4.78, 5) is 24.2. The van der Waals surface area contributed by atoms with Crippen LogP contribution in [0.2, 0.25) is 0 Å². The second-order valence-electron chi connectivity index (χ2n) is 10.2. The minimum atomic E-state index is -0.545. The van der Waals surface area contributed by atoms with Gasteiger partial charge in [0.2, 0.25) is 0 Å². The van der Waals surface area contributed by atoms with E-state index in [-0.39, 0.29) is 11.8 Å². The smallest absolute Gasteiger partial charge is 0.316 e. The molecule has 0 aromatic heterocycles. The Labute approximate surface area is 207 Å². The fourth-order valence-corrected chi connectivity index (χ4v) is 4.54. The number of carbonyl (C=O) groups is 2. The Hall–Kier alpha value is -0.860. The molecule has 0 radical (unpaired) electrons. The van der Waals surface area contributed by atoms with Crippen LogP contribution in [-0.4, -0.2) is 18.4 Å². The van der Waals surface area contributed by atoms with Crippen LogP contribution >= 0.6 is 0 Å². The zero-order valence-corrected chi connectivity index (χ0v) is 22.8. The first-order valence-corrected chi connectivity index (χ1v) is 14.8. The van der Waals surface area contributed by atoms with Gasteiger partial charge in [0, 0.05) is 0 Å². The van der Waals surface area contributed by atoms with Crippen molar-refractivity contribution >= 4 is 11.8 Å². The number of esters is 1. The molecule has 196 valence electrons. The lowest BCUT2D eigenvalue weighted by Gasteiger charge is -2.13. The zero-order chi connectivity index (χ0) is 24.4. The number of ether oxygens (including phenoxy) is 1. The van der Waals surface area contributed by atoms with Gasteiger partial charge >= 0.3 is 5.97 Å². The number of rotatable bonds is 26. The maximum Gasteiger partial charge on any atom is 0.316 e. The summed E-state index contributed by atoms with van der Waals surface area (Å²) in [5.74, 6) is -0.872. The summed E-state index contributed by atoms with van der Waals surface area (Å²) < 4.78 is 5.44. The Morgan fingerprint density at radius 1 is 0.515 bits per heavy atom. The first-order chi connectivity index (χ1) is 16.1. The lowest BCUT2D eigenvalue weighted by Crippen LogP contribution is -2.24. The molecule has 0 aromatic carbocycles. The van der Waals surface area contributed by atoms with Gasteiger partial charge in [-0.25, -0.2) is 0 Å². The van der Waals surface area contributed by atoms with Gasteiger partial charge in [-0.2, -0.15) is 0 Å². The van der Waals surface area contributed by atoms with Crippen LogP contribution in [0.5, 0.6) is 0 Å². The lowest BCUT2D eigenvalue weighted by atomic mass is 9.97. The molecule has 0 aliphatic rings. The Morgan fingerprint density at radius 3 is 1.21 bits per heavy atom. The van der Waals surface area contributed by atoms with E-state index in [2.05, 4.69) is 13.8 Å². The maximum absolute atomic E-state index is 12.3. The molecular formula is C30H58O3. The second kappa shape index (κ2) is 25.8. The highest BCUT2D eigenvalue weighted by Gasteiger charge is 2.24.